The fraction of sp³-hybridized carbons (Fsp3) is 0.364. The Kier molecular flexibility index (Phi) is 4.73. The van der Waals surface area contributed by atoms with E-state index in [1.807, 2.05) is 0 Å². The smallest absolute Gasteiger partial charge is 0.319 e. The summed E-state index contributed by atoms with van der Waals surface area (Å²) in [6.07, 6.45) is 0.420. The van der Waals surface area contributed by atoms with Crippen LogP contribution in [0.3, 0.4) is 0 Å². The normalized spacial score (nSPS) is 12.0. The third-order valence-electron chi connectivity index (χ3n) is 2.09. The lowest BCUT2D eigenvalue weighted by Gasteiger charge is -2.09. The van der Waals surface area contributed by atoms with Crippen molar-refractivity contribution in [1.82, 2.24) is 0 Å². The Hall–Kier alpha value is -1.10. The molecule has 0 aliphatic carbocycles. The van der Waals surface area contributed by atoms with Gasteiger partial charge in [0, 0.05) is 0 Å². The number of esters is 1. The molecule has 0 heterocycles. The molecule has 3 nitrogen and oxygen atoms in total. The van der Waals surface area contributed by atoms with Crippen molar-refractivity contribution >= 4 is 21.9 Å². The van der Waals surface area contributed by atoms with Gasteiger partial charge in [0.2, 0.25) is 0 Å². The van der Waals surface area contributed by atoms with E-state index in [2.05, 4.69) is 20.7 Å². The van der Waals surface area contributed by atoms with Gasteiger partial charge in [0.25, 0.3) is 0 Å². The van der Waals surface area contributed by atoms with Crippen LogP contribution in [0.1, 0.15) is 5.56 Å². The van der Waals surface area contributed by atoms with E-state index >= 15 is 0 Å². The SMILES string of the molecule is COC(=O)C(Br)Cc1ccc(F)c(OC)c1. The van der Waals surface area contributed by atoms with Crippen LogP contribution in [0.4, 0.5) is 4.39 Å². The van der Waals surface area contributed by atoms with Crippen molar-refractivity contribution in [2.45, 2.75) is 11.2 Å². The lowest BCUT2D eigenvalue weighted by atomic mass is 10.1. The van der Waals surface area contributed by atoms with E-state index in [0.717, 1.165) is 5.56 Å². The molecule has 0 saturated carbocycles. The maximum Gasteiger partial charge on any atom is 0.319 e. The molecule has 0 fully saturated rings. The summed E-state index contributed by atoms with van der Waals surface area (Å²) in [4.78, 5) is 10.7. The first-order valence-electron chi connectivity index (χ1n) is 4.62. The average molecular weight is 291 g/mol. The quantitative estimate of drug-likeness (QED) is 0.631. The Morgan fingerprint density at radius 2 is 2.19 bits per heavy atom. The summed E-state index contributed by atoms with van der Waals surface area (Å²) in [5.74, 6) is -0.610. The van der Waals surface area contributed by atoms with Crippen LogP contribution < -0.4 is 4.74 Å². The second-order valence-electron chi connectivity index (χ2n) is 3.16. The summed E-state index contributed by atoms with van der Waals surface area (Å²) in [6, 6.07) is 4.48. The van der Waals surface area contributed by atoms with Gasteiger partial charge in [-0.1, -0.05) is 22.0 Å². The van der Waals surface area contributed by atoms with Gasteiger partial charge in [-0.05, 0) is 24.1 Å². The molecule has 1 unspecified atom stereocenters. The van der Waals surface area contributed by atoms with E-state index in [4.69, 9.17) is 4.74 Å². The fourth-order valence-corrected chi connectivity index (χ4v) is 1.81. The second-order valence-corrected chi connectivity index (χ2v) is 4.27. The molecule has 1 aromatic rings. The van der Waals surface area contributed by atoms with Crippen LogP contribution in [-0.2, 0) is 16.0 Å². The van der Waals surface area contributed by atoms with E-state index in [1.165, 1.54) is 20.3 Å². The molecule has 0 radical (unpaired) electrons. The number of rotatable bonds is 4. The molecule has 0 saturated heterocycles. The number of benzene rings is 1. The van der Waals surface area contributed by atoms with Gasteiger partial charge in [-0.15, -0.1) is 0 Å². The summed E-state index contributed by atoms with van der Waals surface area (Å²) in [5, 5.41) is 0. The summed E-state index contributed by atoms with van der Waals surface area (Å²) >= 11 is 3.20. The largest absolute Gasteiger partial charge is 0.494 e. The number of ether oxygens (including phenoxy) is 2. The Balaban J connectivity index is 2.78. The van der Waals surface area contributed by atoms with Crippen LogP contribution in [0.2, 0.25) is 0 Å². The van der Waals surface area contributed by atoms with E-state index in [1.54, 1.807) is 12.1 Å². The van der Waals surface area contributed by atoms with Gasteiger partial charge in [-0.2, -0.15) is 0 Å². The highest BCUT2D eigenvalue weighted by atomic mass is 79.9. The zero-order valence-corrected chi connectivity index (χ0v) is 10.6. The van der Waals surface area contributed by atoms with Crippen LogP contribution in [-0.4, -0.2) is 25.0 Å². The van der Waals surface area contributed by atoms with Crippen molar-refractivity contribution in [2.24, 2.45) is 0 Å². The van der Waals surface area contributed by atoms with Gasteiger partial charge in [-0.25, -0.2) is 4.39 Å². The fourth-order valence-electron chi connectivity index (χ4n) is 1.25. The van der Waals surface area contributed by atoms with E-state index in [0.29, 0.717) is 6.42 Å². The van der Waals surface area contributed by atoms with Crippen molar-refractivity contribution in [3.8, 4) is 5.75 Å². The molecule has 1 aromatic carbocycles. The van der Waals surface area contributed by atoms with Crippen LogP contribution in [0.5, 0.6) is 5.75 Å². The lowest BCUT2D eigenvalue weighted by Crippen LogP contribution is -2.18. The number of hydrogen-bond donors (Lipinski definition) is 0. The summed E-state index contributed by atoms with van der Waals surface area (Å²) < 4.78 is 22.5. The molecule has 0 aliphatic heterocycles. The highest BCUT2D eigenvalue weighted by molar-refractivity contribution is 9.10. The molecule has 0 spiro atoms. The predicted octanol–water partition coefficient (Wildman–Crippen LogP) is 2.31. The highest BCUT2D eigenvalue weighted by Gasteiger charge is 2.16. The van der Waals surface area contributed by atoms with Gasteiger partial charge in [-0.3, -0.25) is 4.79 Å². The minimum atomic E-state index is -0.437. The molecule has 1 rings (SSSR count). The molecule has 16 heavy (non-hydrogen) atoms. The van der Waals surface area contributed by atoms with Gasteiger partial charge >= 0.3 is 5.97 Å². The number of hydrogen-bond acceptors (Lipinski definition) is 3. The molecule has 88 valence electrons. The van der Waals surface area contributed by atoms with Crippen molar-refractivity contribution < 1.29 is 18.7 Å². The maximum atomic E-state index is 13.1. The number of alkyl halides is 1. The minimum absolute atomic E-state index is 0.169. The molecule has 1 atom stereocenters. The topological polar surface area (TPSA) is 35.5 Å². The number of halogens is 2. The zero-order valence-electron chi connectivity index (χ0n) is 9.00. The number of methoxy groups -OCH3 is 2. The summed E-state index contributed by atoms with van der Waals surface area (Å²) in [6.45, 7) is 0. The van der Waals surface area contributed by atoms with Crippen molar-refractivity contribution in [2.75, 3.05) is 14.2 Å². The van der Waals surface area contributed by atoms with Crippen molar-refractivity contribution in [3.05, 3.63) is 29.6 Å². The molecule has 0 amide bonds. The van der Waals surface area contributed by atoms with Crippen LogP contribution in [0.25, 0.3) is 0 Å². The third kappa shape index (κ3) is 3.20. The zero-order chi connectivity index (χ0) is 12.1. The molecule has 0 aromatic heterocycles. The predicted molar refractivity (Wildman–Crippen MR) is 61.4 cm³/mol. The number of carbonyl (C=O) groups is 1. The average Bonchev–Trinajstić information content (AvgIpc) is 2.30. The van der Waals surface area contributed by atoms with Gasteiger partial charge in [0.1, 0.15) is 4.83 Å². The molecular formula is C11H12BrFO3. The van der Waals surface area contributed by atoms with Crippen molar-refractivity contribution in [3.63, 3.8) is 0 Å². The molecular weight excluding hydrogens is 279 g/mol. The third-order valence-corrected chi connectivity index (χ3v) is 2.78. The Labute approximate surface area is 102 Å². The Morgan fingerprint density at radius 1 is 1.50 bits per heavy atom. The number of carbonyl (C=O) groups excluding carboxylic acids is 1. The molecule has 0 N–H and O–H groups in total. The maximum absolute atomic E-state index is 13.1. The van der Waals surface area contributed by atoms with E-state index < -0.39 is 10.6 Å². The first kappa shape index (κ1) is 13.0. The minimum Gasteiger partial charge on any atom is -0.494 e. The van der Waals surface area contributed by atoms with E-state index in [9.17, 15) is 9.18 Å². The van der Waals surface area contributed by atoms with Gasteiger partial charge in [0.05, 0.1) is 14.2 Å². The van der Waals surface area contributed by atoms with Crippen LogP contribution in [0, 0.1) is 5.82 Å². The first-order chi connectivity index (χ1) is 7.58. The molecule has 5 heteroatoms. The Morgan fingerprint density at radius 3 is 2.75 bits per heavy atom. The van der Waals surface area contributed by atoms with Gasteiger partial charge < -0.3 is 9.47 Å². The van der Waals surface area contributed by atoms with Crippen LogP contribution >= 0.6 is 15.9 Å². The highest BCUT2D eigenvalue weighted by Crippen LogP contribution is 2.20. The second kappa shape index (κ2) is 5.84. The first-order valence-corrected chi connectivity index (χ1v) is 5.54. The molecule has 0 bridgehead atoms. The van der Waals surface area contributed by atoms with E-state index in [-0.39, 0.29) is 11.7 Å². The lowest BCUT2D eigenvalue weighted by molar-refractivity contribution is -0.139. The van der Waals surface area contributed by atoms with Crippen molar-refractivity contribution in [1.29, 1.82) is 0 Å². The summed E-state index contributed by atoms with van der Waals surface area (Å²) in [5.41, 5.74) is 0.797. The summed E-state index contributed by atoms with van der Waals surface area (Å²) in [7, 11) is 2.72. The van der Waals surface area contributed by atoms with Gasteiger partial charge in [0.15, 0.2) is 11.6 Å². The standard InChI is InChI=1S/C11H12BrFO3/c1-15-10-6-7(3-4-9(10)13)5-8(12)11(14)16-2/h3-4,6,8H,5H2,1-2H3. The van der Waals surface area contributed by atoms with Crippen LogP contribution in [0.15, 0.2) is 18.2 Å². The molecule has 0 aliphatic rings. The monoisotopic (exact) mass is 290 g/mol. The Bertz CT molecular complexity index is 381.